The molecule has 0 saturated heterocycles. The van der Waals surface area contributed by atoms with Crippen molar-refractivity contribution >= 4 is 17.3 Å². The van der Waals surface area contributed by atoms with E-state index in [9.17, 15) is 4.79 Å². The summed E-state index contributed by atoms with van der Waals surface area (Å²) in [6, 6.07) is 16.4. The minimum atomic E-state index is 0.0878. The van der Waals surface area contributed by atoms with E-state index in [1.165, 1.54) is 0 Å². The van der Waals surface area contributed by atoms with Crippen LogP contribution in [0.25, 0.3) is 0 Å². The quantitative estimate of drug-likeness (QED) is 0.932. The van der Waals surface area contributed by atoms with Gasteiger partial charge in [-0.1, -0.05) is 24.3 Å². The summed E-state index contributed by atoms with van der Waals surface area (Å²) in [5.41, 5.74) is 3.18. The zero-order valence-corrected chi connectivity index (χ0v) is 13.7. The Hall–Kier alpha value is -2.49. The molecule has 1 heterocycles. The number of carbonyl (C=O) groups is 1. The Morgan fingerprint density at radius 2 is 2.00 bits per heavy atom. The topological polar surface area (TPSA) is 41.6 Å². The summed E-state index contributed by atoms with van der Waals surface area (Å²) < 4.78 is 5.29. The third-order valence-electron chi connectivity index (χ3n) is 4.34. The Bertz CT molecular complexity index is 714. The molecule has 0 aliphatic carbocycles. The van der Waals surface area contributed by atoms with Crippen LogP contribution in [0.3, 0.4) is 0 Å². The molecular formula is C19H22N2O2. The number of anilines is 2. The molecular weight excluding hydrogens is 288 g/mol. The first-order valence-corrected chi connectivity index (χ1v) is 7.89. The van der Waals surface area contributed by atoms with E-state index < -0.39 is 0 Å². The molecule has 0 fully saturated rings. The summed E-state index contributed by atoms with van der Waals surface area (Å²) in [5, 5.41) is 3.58. The van der Waals surface area contributed by atoms with Crippen molar-refractivity contribution in [3.8, 4) is 5.75 Å². The van der Waals surface area contributed by atoms with Gasteiger partial charge in [-0.25, -0.2) is 0 Å². The lowest BCUT2D eigenvalue weighted by molar-refractivity contribution is -0.117. The number of hydrogen-bond donors (Lipinski definition) is 1. The molecule has 3 rings (SSSR count). The Kier molecular flexibility index (Phi) is 4.24. The van der Waals surface area contributed by atoms with Gasteiger partial charge < -0.3 is 15.0 Å². The average Bonchev–Trinajstić information content (AvgIpc) is 2.54. The van der Waals surface area contributed by atoms with E-state index in [1.54, 1.807) is 14.0 Å². The number of nitrogens with zero attached hydrogens (tertiary/aromatic N) is 1. The first-order chi connectivity index (χ1) is 11.1. The van der Waals surface area contributed by atoms with Gasteiger partial charge in [-0.3, -0.25) is 4.79 Å². The third-order valence-corrected chi connectivity index (χ3v) is 4.34. The second-order valence-electron chi connectivity index (χ2n) is 5.96. The fraction of sp³-hybridized carbons (Fsp3) is 0.316. The highest BCUT2D eigenvalue weighted by Crippen LogP contribution is 2.39. The van der Waals surface area contributed by atoms with Gasteiger partial charge in [0.15, 0.2) is 0 Å². The van der Waals surface area contributed by atoms with E-state index in [0.29, 0.717) is 0 Å². The first kappa shape index (κ1) is 15.4. The van der Waals surface area contributed by atoms with E-state index >= 15 is 0 Å². The zero-order valence-electron chi connectivity index (χ0n) is 13.7. The van der Waals surface area contributed by atoms with E-state index in [0.717, 1.165) is 29.1 Å². The molecule has 0 spiro atoms. The highest BCUT2D eigenvalue weighted by Gasteiger charge is 2.31. The first-order valence-electron chi connectivity index (χ1n) is 7.89. The number of rotatable bonds is 3. The maximum atomic E-state index is 12.0. The van der Waals surface area contributed by atoms with Gasteiger partial charge in [-0.05, 0) is 37.1 Å². The van der Waals surface area contributed by atoms with Gasteiger partial charge in [0, 0.05) is 30.4 Å². The van der Waals surface area contributed by atoms with Crippen LogP contribution in [0.5, 0.6) is 5.75 Å². The fourth-order valence-corrected chi connectivity index (χ4v) is 3.34. The monoisotopic (exact) mass is 310 g/mol. The van der Waals surface area contributed by atoms with Crippen LogP contribution in [0, 0.1) is 0 Å². The predicted octanol–water partition coefficient (Wildman–Crippen LogP) is 3.99. The fourth-order valence-electron chi connectivity index (χ4n) is 3.34. The van der Waals surface area contributed by atoms with Crippen molar-refractivity contribution in [2.45, 2.75) is 32.4 Å². The summed E-state index contributed by atoms with van der Waals surface area (Å²) in [5.74, 6) is 0.919. The van der Waals surface area contributed by atoms with Crippen molar-refractivity contribution in [3.63, 3.8) is 0 Å². The van der Waals surface area contributed by atoms with Gasteiger partial charge in [-0.15, -0.1) is 0 Å². The Morgan fingerprint density at radius 1 is 1.22 bits per heavy atom. The molecule has 2 atom stereocenters. The van der Waals surface area contributed by atoms with Gasteiger partial charge in [0.2, 0.25) is 5.91 Å². The number of ether oxygens (including phenoxy) is 1. The summed E-state index contributed by atoms with van der Waals surface area (Å²) in [4.78, 5) is 13.9. The van der Waals surface area contributed by atoms with Crippen molar-refractivity contribution in [2.24, 2.45) is 0 Å². The van der Waals surface area contributed by atoms with Gasteiger partial charge in [0.05, 0.1) is 13.2 Å². The molecule has 1 aliphatic heterocycles. The molecule has 0 radical (unpaired) electrons. The van der Waals surface area contributed by atoms with Gasteiger partial charge >= 0.3 is 0 Å². The summed E-state index contributed by atoms with van der Waals surface area (Å²) in [6.45, 7) is 3.72. The molecule has 120 valence electrons. The number of amides is 1. The van der Waals surface area contributed by atoms with Crippen LogP contribution in [0.15, 0.2) is 48.5 Å². The van der Waals surface area contributed by atoms with Crippen LogP contribution in [0.4, 0.5) is 11.4 Å². The maximum absolute atomic E-state index is 12.0. The van der Waals surface area contributed by atoms with Crippen molar-refractivity contribution in [1.29, 1.82) is 0 Å². The molecule has 1 aliphatic rings. The third kappa shape index (κ3) is 3.02. The van der Waals surface area contributed by atoms with Crippen LogP contribution < -0.4 is 15.0 Å². The smallest absolute Gasteiger partial charge is 0.224 e. The van der Waals surface area contributed by atoms with Gasteiger partial charge in [0.25, 0.3) is 0 Å². The number of fused-ring (bicyclic) bond motifs is 1. The number of benzene rings is 2. The molecule has 2 aromatic rings. The molecule has 23 heavy (non-hydrogen) atoms. The maximum Gasteiger partial charge on any atom is 0.224 e. The van der Waals surface area contributed by atoms with E-state index in [2.05, 4.69) is 18.3 Å². The molecule has 4 nitrogen and oxygen atoms in total. The van der Waals surface area contributed by atoms with Crippen LogP contribution in [-0.2, 0) is 4.79 Å². The molecule has 0 unspecified atom stereocenters. The lowest BCUT2D eigenvalue weighted by atomic mass is 9.91. The van der Waals surface area contributed by atoms with Crippen molar-refractivity contribution in [2.75, 3.05) is 17.3 Å². The number of hydrogen-bond acceptors (Lipinski definition) is 3. The van der Waals surface area contributed by atoms with Crippen molar-refractivity contribution in [1.82, 2.24) is 0 Å². The Morgan fingerprint density at radius 3 is 2.74 bits per heavy atom. The SMILES string of the molecule is COc1cccc(N[C@H]2C[C@@H](C)N(C(C)=O)c3ccccc32)c1. The minimum absolute atomic E-state index is 0.0878. The van der Waals surface area contributed by atoms with E-state index in [1.807, 2.05) is 47.4 Å². The average molecular weight is 310 g/mol. The highest BCUT2D eigenvalue weighted by atomic mass is 16.5. The van der Waals surface area contributed by atoms with Crippen LogP contribution >= 0.6 is 0 Å². The normalized spacial score (nSPS) is 19.9. The lowest BCUT2D eigenvalue weighted by Gasteiger charge is -2.39. The summed E-state index contributed by atoms with van der Waals surface area (Å²) in [7, 11) is 1.67. The Labute approximate surface area is 137 Å². The Balaban J connectivity index is 1.94. The number of nitrogens with one attached hydrogen (secondary N) is 1. The number of carbonyl (C=O) groups excluding carboxylic acids is 1. The van der Waals surface area contributed by atoms with E-state index in [4.69, 9.17) is 4.74 Å². The standard InChI is InChI=1S/C19H22N2O2/c1-13-11-18(20-15-7-6-8-16(12-15)23-3)17-9-4-5-10-19(17)21(13)14(2)22/h4-10,12-13,18,20H,11H2,1-3H3/t13-,18+/m1/s1. The molecule has 2 aromatic carbocycles. The molecule has 0 saturated carbocycles. The van der Waals surface area contributed by atoms with Crippen LogP contribution in [-0.4, -0.2) is 19.1 Å². The predicted molar refractivity (Wildman–Crippen MR) is 93.0 cm³/mol. The second-order valence-corrected chi connectivity index (χ2v) is 5.96. The number of methoxy groups -OCH3 is 1. The zero-order chi connectivity index (χ0) is 16.4. The summed E-state index contributed by atoms with van der Waals surface area (Å²) >= 11 is 0. The summed E-state index contributed by atoms with van der Waals surface area (Å²) in [6.07, 6.45) is 0.869. The van der Waals surface area contributed by atoms with Crippen LogP contribution in [0.1, 0.15) is 31.9 Å². The minimum Gasteiger partial charge on any atom is -0.497 e. The van der Waals surface area contributed by atoms with Crippen molar-refractivity contribution < 1.29 is 9.53 Å². The molecule has 1 amide bonds. The molecule has 0 aromatic heterocycles. The van der Waals surface area contributed by atoms with E-state index in [-0.39, 0.29) is 18.0 Å². The van der Waals surface area contributed by atoms with Crippen molar-refractivity contribution in [3.05, 3.63) is 54.1 Å². The second kappa shape index (κ2) is 6.32. The molecule has 4 heteroatoms. The lowest BCUT2D eigenvalue weighted by Crippen LogP contribution is -2.43. The largest absolute Gasteiger partial charge is 0.497 e. The number of para-hydroxylation sites is 1. The molecule has 1 N–H and O–H groups in total. The highest BCUT2D eigenvalue weighted by molar-refractivity contribution is 5.93. The molecule has 0 bridgehead atoms. The van der Waals surface area contributed by atoms with Crippen LogP contribution in [0.2, 0.25) is 0 Å². The van der Waals surface area contributed by atoms with Gasteiger partial charge in [-0.2, -0.15) is 0 Å². The van der Waals surface area contributed by atoms with Gasteiger partial charge in [0.1, 0.15) is 5.75 Å².